The number of hydrogen-bond donors (Lipinski definition) is 3. The second-order valence-electron chi connectivity index (χ2n) is 7.84. The monoisotopic (exact) mass is 438 g/mol. The molecule has 0 saturated heterocycles. The third-order valence-corrected chi connectivity index (χ3v) is 5.77. The van der Waals surface area contributed by atoms with Crippen LogP contribution in [0, 0.1) is 5.82 Å². The molecule has 0 spiro atoms. The lowest BCUT2D eigenvalue weighted by Crippen LogP contribution is -2.50. The SMILES string of the molecule is COc1cc(F)cc2c(-c3cn(Cc4cccc(C5(O)CCC5)[n+]4O)nn3)nc(N)nc12. The summed E-state index contributed by atoms with van der Waals surface area (Å²) in [6.45, 7) is 0.184. The Kier molecular flexibility index (Phi) is 4.63. The van der Waals surface area contributed by atoms with Crippen LogP contribution in [0.5, 0.6) is 5.75 Å². The zero-order valence-electron chi connectivity index (χ0n) is 17.2. The number of nitrogen functional groups attached to an aromatic ring is 1. The number of methoxy groups -OCH3 is 1. The summed E-state index contributed by atoms with van der Waals surface area (Å²) >= 11 is 0. The number of rotatable bonds is 5. The smallest absolute Gasteiger partial charge is 0.265 e. The Morgan fingerprint density at radius 2 is 2.09 bits per heavy atom. The number of anilines is 1. The Hall–Kier alpha value is -3.86. The van der Waals surface area contributed by atoms with Gasteiger partial charge in [-0.25, -0.2) is 19.0 Å². The van der Waals surface area contributed by atoms with Crippen LogP contribution < -0.4 is 15.2 Å². The number of benzene rings is 1. The molecule has 1 aliphatic rings. The number of ether oxygens (including phenoxy) is 1. The van der Waals surface area contributed by atoms with Gasteiger partial charge in [-0.15, -0.1) is 5.10 Å². The number of halogens is 1. The quantitative estimate of drug-likeness (QED) is 0.316. The van der Waals surface area contributed by atoms with Crippen molar-refractivity contribution in [2.45, 2.75) is 31.4 Å². The minimum atomic E-state index is -1.02. The first-order valence-electron chi connectivity index (χ1n) is 10.1. The Morgan fingerprint density at radius 3 is 2.81 bits per heavy atom. The van der Waals surface area contributed by atoms with Crippen LogP contribution in [0.25, 0.3) is 22.3 Å². The van der Waals surface area contributed by atoms with Crippen molar-refractivity contribution < 1.29 is 24.2 Å². The highest BCUT2D eigenvalue weighted by Gasteiger charge is 2.44. The maximum absolute atomic E-state index is 14.1. The van der Waals surface area contributed by atoms with Gasteiger partial charge in [0.05, 0.1) is 13.3 Å². The van der Waals surface area contributed by atoms with Crippen molar-refractivity contribution in [2.24, 2.45) is 0 Å². The van der Waals surface area contributed by atoms with E-state index in [9.17, 15) is 14.7 Å². The maximum atomic E-state index is 14.1. The van der Waals surface area contributed by atoms with Crippen LogP contribution in [-0.2, 0) is 12.1 Å². The summed E-state index contributed by atoms with van der Waals surface area (Å²) in [7, 11) is 1.42. The molecule has 0 amide bonds. The summed E-state index contributed by atoms with van der Waals surface area (Å²) in [6, 6.07) is 7.71. The summed E-state index contributed by atoms with van der Waals surface area (Å²) in [5.74, 6) is -0.292. The predicted octanol–water partition coefficient (Wildman–Crippen LogP) is 1.56. The van der Waals surface area contributed by atoms with Crippen molar-refractivity contribution in [1.29, 1.82) is 0 Å². The van der Waals surface area contributed by atoms with Gasteiger partial charge in [0.2, 0.25) is 5.95 Å². The summed E-state index contributed by atoms with van der Waals surface area (Å²) < 4.78 is 21.9. The number of nitrogens with zero attached hydrogens (tertiary/aromatic N) is 6. The molecule has 4 aromatic rings. The van der Waals surface area contributed by atoms with Crippen molar-refractivity contribution in [2.75, 3.05) is 12.8 Å². The van der Waals surface area contributed by atoms with E-state index in [1.807, 2.05) is 0 Å². The van der Waals surface area contributed by atoms with E-state index in [1.54, 1.807) is 24.4 Å². The summed E-state index contributed by atoms with van der Waals surface area (Å²) in [6.07, 6.45) is 3.73. The van der Waals surface area contributed by atoms with Gasteiger partial charge in [0.15, 0.2) is 5.60 Å². The first kappa shape index (κ1) is 20.1. The molecule has 3 aromatic heterocycles. The second kappa shape index (κ2) is 7.38. The third-order valence-electron chi connectivity index (χ3n) is 5.77. The van der Waals surface area contributed by atoms with E-state index in [1.165, 1.54) is 23.9 Å². The van der Waals surface area contributed by atoms with Crippen LogP contribution in [0.1, 0.15) is 30.7 Å². The Labute approximate surface area is 181 Å². The zero-order valence-corrected chi connectivity index (χ0v) is 17.2. The topological polar surface area (TPSA) is 136 Å². The van der Waals surface area contributed by atoms with Gasteiger partial charge in [0.1, 0.15) is 35.0 Å². The van der Waals surface area contributed by atoms with Crippen LogP contribution in [0.3, 0.4) is 0 Å². The fourth-order valence-electron chi connectivity index (χ4n) is 3.97. The molecule has 0 radical (unpaired) electrons. The summed E-state index contributed by atoms with van der Waals surface area (Å²) in [5, 5.41) is 29.9. The van der Waals surface area contributed by atoms with Crippen molar-refractivity contribution in [3.05, 3.63) is 53.7 Å². The average molecular weight is 438 g/mol. The van der Waals surface area contributed by atoms with Crippen molar-refractivity contribution in [3.63, 3.8) is 0 Å². The summed E-state index contributed by atoms with van der Waals surface area (Å²) in [4.78, 5) is 8.40. The Bertz CT molecular complexity index is 1340. The number of aromatic nitrogens is 6. The lowest BCUT2D eigenvalue weighted by Gasteiger charge is -2.32. The van der Waals surface area contributed by atoms with Crippen molar-refractivity contribution >= 4 is 16.9 Å². The van der Waals surface area contributed by atoms with Gasteiger partial charge < -0.3 is 15.6 Å². The van der Waals surface area contributed by atoms with Crippen molar-refractivity contribution in [1.82, 2.24) is 25.0 Å². The van der Waals surface area contributed by atoms with Gasteiger partial charge in [-0.2, -0.15) is 0 Å². The number of fused-ring (bicyclic) bond motifs is 1. The highest BCUT2D eigenvalue weighted by atomic mass is 19.1. The van der Waals surface area contributed by atoms with Gasteiger partial charge in [0, 0.05) is 28.3 Å². The zero-order chi connectivity index (χ0) is 22.5. The molecular formula is C21H21FN7O3+. The molecule has 164 valence electrons. The first-order chi connectivity index (χ1) is 15.4. The minimum Gasteiger partial charge on any atom is -0.494 e. The first-order valence-corrected chi connectivity index (χ1v) is 10.1. The van der Waals surface area contributed by atoms with E-state index < -0.39 is 11.4 Å². The van der Waals surface area contributed by atoms with Gasteiger partial charge in [-0.1, -0.05) is 5.21 Å². The molecule has 1 aliphatic carbocycles. The third kappa shape index (κ3) is 3.26. The highest BCUT2D eigenvalue weighted by Crippen LogP contribution is 2.39. The van der Waals surface area contributed by atoms with Gasteiger partial charge in [0.25, 0.3) is 11.4 Å². The highest BCUT2D eigenvalue weighted by molar-refractivity contribution is 5.95. The molecule has 1 saturated carbocycles. The fourth-order valence-corrected chi connectivity index (χ4v) is 3.97. The van der Waals surface area contributed by atoms with E-state index in [0.717, 1.165) is 11.2 Å². The average Bonchev–Trinajstić information content (AvgIpc) is 3.21. The van der Waals surface area contributed by atoms with E-state index in [4.69, 9.17) is 10.5 Å². The van der Waals surface area contributed by atoms with Crippen LogP contribution in [0.15, 0.2) is 36.5 Å². The normalized spacial score (nSPS) is 15.0. The van der Waals surface area contributed by atoms with Gasteiger partial charge >= 0.3 is 0 Å². The molecule has 0 aliphatic heterocycles. The molecule has 1 aromatic carbocycles. The number of nitrogens with two attached hydrogens (primary N) is 1. The fraction of sp³-hybridized carbons (Fsp3) is 0.286. The number of aliphatic hydroxyl groups is 1. The molecule has 11 heteroatoms. The van der Waals surface area contributed by atoms with E-state index in [0.29, 0.717) is 46.5 Å². The van der Waals surface area contributed by atoms with Crippen LogP contribution in [-0.4, -0.2) is 42.4 Å². The Balaban J connectivity index is 1.52. The summed E-state index contributed by atoms with van der Waals surface area (Å²) in [5.41, 5.74) is 6.83. The van der Waals surface area contributed by atoms with Crippen LogP contribution in [0.2, 0.25) is 0 Å². The molecule has 5 rings (SSSR count). The molecular weight excluding hydrogens is 417 g/mol. The molecule has 0 bridgehead atoms. The maximum Gasteiger partial charge on any atom is 0.265 e. The van der Waals surface area contributed by atoms with E-state index in [-0.39, 0.29) is 18.2 Å². The molecule has 4 N–H and O–H groups in total. The lowest BCUT2D eigenvalue weighted by molar-refractivity contribution is -0.918. The number of hydrogen-bond acceptors (Lipinski definition) is 8. The molecule has 0 unspecified atom stereocenters. The predicted molar refractivity (Wildman–Crippen MR) is 110 cm³/mol. The molecule has 0 atom stereocenters. The molecule has 3 heterocycles. The van der Waals surface area contributed by atoms with E-state index in [2.05, 4.69) is 20.3 Å². The van der Waals surface area contributed by atoms with E-state index >= 15 is 0 Å². The standard InChI is InChI=1S/C21H21FN7O3/c1-32-16-9-12(22)8-14-18(24-20(23)25-19(14)16)15-11-28(27-26-15)10-13-4-2-5-17(29(13)31)21(30)6-3-7-21/h2,4-5,8-9,11,30-31H,3,6-7,10H2,1H3,(H2,23,24,25)/q+1. The largest absolute Gasteiger partial charge is 0.494 e. The van der Waals surface area contributed by atoms with Gasteiger partial charge in [-0.3, -0.25) is 5.21 Å². The molecule has 1 fully saturated rings. The van der Waals surface area contributed by atoms with Crippen LogP contribution in [0.4, 0.5) is 10.3 Å². The van der Waals surface area contributed by atoms with Crippen molar-refractivity contribution in [3.8, 4) is 17.1 Å². The van der Waals surface area contributed by atoms with Gasteiger partial charge in [-0.05, 0) is 31.4 Å². The van der Waals surface area contributed by atoms with Crippen LogP contribution >= 0.6 is 0 Å². The lowest BCUT2D eigenvalue weighted by atomic mass is 9.77. The minimum absolute atomic E-state index is 0.0124. The Morgan fingerprint density at radius 1 is 1.28 bits per heavy atom. The molecule has 10 nitrogen and oxygen atoms in total. The molecule has 32 heavy (non-hydrogen) atoms. The second-order valence-corrected chi connectivity index (χ2v) is 7.84. The number of pyridine rings is 1.